The molecule has 0 aliphatic heterocycles. The quantitative estimate of drug-likeness (QED) is 0.517. The number of rotatable bonds is 2. The van der Waals surface area contributed by atoms with Crippen LogP contribution in [0.4, 0.5) is 0 Å². The van der Waals surface area contributed by atoms with Gasteiger partial charge in [0.15, 0.2) is 0 Å². The van der Waals surface area contributed by atoms with E-state index in [2.05, 4.69) is 4.98 Å². The van der Waals surface area contributed by atoms with Gasteiger partial charge in [-0.15, -0.1) is 0 Å². The number of hydrogen-bond donors (Lipinski definition) is 4. The van der Waals surface area contributed by atoms with Gasteiger partial charge in [0.25, 0.3) is 0 Å². The molecule has 8 heteroatoms. The van der Waals surface area contributed by atoms with E-state index in [1.54, 1.807) is 19.4 Å². The van der Waals surface area contributed by atoms with Crippen molar-refractivity contribution in [3.8, 4) is 22.6 Å². The monoisotopic (exact) mass is 363 g/mol. The summed E-state index contributed by atoms with van der Waals surface area (Å²) in [6.45, 7) is 1.89. The summed E-state index contributed by atoms with van der Waals surface area (Å²) in [7, 11) is -2.99. The predicted octanol–water partition coefficient (Wildman–Crippen LogP) is 3.00. The van der Waals surface area contributed by atoms with Crippen LogP contribution in [0.25, 0.3) is 22.0 Å². The summed E-state index contributed by atoms with van der Waals surface area (Å²) in [6, 6.07) is 13.5. The van der Waals surface area contributed by atoms with Crippen molar-refractivity contribution in [2.24, 2.45) is 0 Å². The number of hydrogen-bond acceptors (Lipinski definition) is 4. The maximum absolute atomic E-state index is 9.64. The van der Waals surface area contributed by atoms with E-state index in [9.17, 15) is 5.11 Å². The number of fused-ring (bicyclic) bond motifs is 1. The third-order valence-corrected chi connectivity index (χ3v) is 3.46. The normalized spacial score (nSPS) is 10.9. The molecule has 0 unspecified atom stereocenters. The first-order valence-electron chi connectivity index (χ1n) is 7.20. The van der Waals surface area contributed by atoms with Gasteiger partial charge < -0.3 is 24.5 Å². The van der Waals surface area contributed by atoms with Crippen LogP contribution in [0.1, 0.15) is 5.56 Å². The molecule has 0 radical (unpaired) electrons. The summed E-state index contributed by atoms with van der Waals surface area (Å²) in [5.74, 6) is 1.11. The van der Waals surface area contributed by atoms with Crippen molar-refractivity contribution in [2.45, 2.75) is 6.92 Å². The minimum atomic E-state index is -4.64. The van der Waals surface area contributed by atoms with Gasteiger partial charge in [-0.3, -0.25) is 4.98 Å². The summed E-state index contributed by atoms with van der Waals surface area (Å²) >= 11 is 0. The van der Waals surface area contributed by atoms with Crippen LogP contribution in [-0.4, -0.2) is 31.9 Å². The molecule has 3 rings (SSSR count). The molecule has 132 valence electrons. The van der Waals surface area contributed by atoms with Crippen LogP contribution >= 0.6 is 7.82 Å². The molecule has 0 saturated carbocycles. The van der Waals surface area contributed by atoms with Crippen LogP contribution in [0, 0.1) is 6.92 Å². The van der Waals surface area contributed by atoms with Gasteiger partial charge in [-0.1, -0.05) is 6.07 Å². The average molecular weight is 363 g/mol. The average Bonchev–Trinajstić information content (AvgIpc) is 2.55. The van der Waals surface area contributed by atoms with Gasteiger partial charge in [0.05, 0.1) is 12.6 Å². The molecular formula is C17H18NO6P. The summed E-state index contributed by atoms with van der Waals surface area (Å²) < 4.78 is 14.1. The molecule has 1 aromatic heterocycles. The fourth-order valence-corrected chi connectivity index (χ4v) is 2.33. The Morgan fingerprint density at radius 1 is 1.04 bits per heavy atom. The van der Waals surface area contributed by atoms with Gasteiger partial charge >= 0.3 is 7.82 Å². The molecule has 0 saturated heterocycles. The topological polar surface area (TPSA) is 120 Å². The van der Waals surface area contributed by atoms with Crippen LogP contribution in [0.2, 0.25) is 0 Å². The van der Waals surface area contributed by atoms with Crippen LogP contribution in [0.3, 0.4) is 0 Å². The Balaban J connectivity index is 0.000000399. The van der Waals surface area contributed by atoms with Crippen LogP contribution in [0.15, 0.2) is 48.7 Å². The van der Waals surface area contributed by atoms with Crippen molar-refractivity contribution in [1.29, 1.82) is 0 Å². The Morgan fingerprint density at radius 2 is 1.72 bits per heavy atom. The molecule has 0 spiro atoms. The van der Waals surface area contributed by atoms with E-state index < -0.39 is 7.82 Å². The Hall–Kier alpha value is -2.44. The number of methoxy groups -OCH3 is 1. The van der Waals surface area contributed by atoms with E-state index in [4.69, 9.17) is 24.0 Å². The third kappa shape index (κ3) is 5.27. The molecule has 7 nitrogen and oxygen atoms in total. The van der Waals surface area contributed by atoms with Crippen LogP contribution in [-0.2, 0) is 4.57 Å². The van der Waals surface area contributed by atoms with Gasteiger partial charge in [-0.05, 0) is 53.9 Å². The molecule has 2 aromatic carbocycles. The summed E-state index contributed by atoms with van der Waals surface area (Å²) in [6.07, 6.45) is 1.79. The minimum Gasteiger partial charge on any atom is -0.508 e. The lowest BCUT2D eigenvalue weighted by molar-refractivity contribution is 0.275. The number of phenols is 1. The fraction of sp³-hybridized carbons (Fsp3) is 0.118. The molecule has 0 aliphatic carbocycles. The van der Waals surface area contributed by atoms with Gasteiger partial charge in [-0.2, -0.15) is 0 Å². The maximum atomic E-state index is 9.64. The highest BCUT2D eigenvalue weighted by Gasteiger charge is 2.07. The zero-order chi connectivity index (χ0) is 18.6. The number of nitrogens with zero attached hydrogens (tertiary/aromatic N) is 1. The molecule has 0 amide bonds. The molecule has 0 bridgehead atoms. The smallest absolute Gasteiger partial charge is 0.466 e. The first-order valence-corrected chi connectivity index (χ1v) is 8.76. The number of aromatic hydroxyl groups is 1. The standard InChI is InChI=1S/C17H15NO2.H3O4P/c1-11-9-12(3-6-17(11)19)14-7-8-18-16-10-13(20-2)4-5-15(14)16;1-5(2,3)4/h3-10,19H,1-2H3;(H3,1,2,3,4). The van der Waals surface area contributed by atoms with Crippen molar-refractivity contribution >= 4 is 18.7 Å². The summed E-state index contributed by atoms with van der Waals surface area (Å²) in [5.41, 5.74) is 3.92. The van der Waals surface area contributed by atoms with Crippen molar-refractivity contribution in [3.05, 3.63) is 54.2 Å². The first-order chi connectivity index (χ1) is 11.7. The molecule has 25 heavy (non-hydrogen) atoms. The number of aromatic nitrogens is 1. The van der Waals surface area contributed by atoms with Gasteiger partial charge in [-0.25, -0.2) is 4.57 Å². The Bertz CT molecular complexity index is 929. The summed E-state index contributed by atoms with van der Waals surface area (Å²) in [4.78, 5) is 25.9. The molecular weight excluding hydrogens is 345 g/mol. The highest BCUT2D eigenvalue weighted by molar-refractivity contribution is 7.45. The first kappa shape index (κ1) is 18.9. The molecule has 3 aromatic rings. The highest BCUT2D eigenvalue weighted by Crippen LogP contribution is 2.31. The van der Waals surface area contributed by atoms with E-state index in [0.717, 1.165) is 33.3 Å². The van der Waals surface area contributed by atoms with Crippen LogP contribution < -0.4 is 4.74 Å². The van der Waals surface area contributed by atoms with Crippen molar-refractivity contribution < 1.29 is 29.1 Å². The second kappa shape index (κ2) is 7.63. The maximum Gasteiger partial charge on any atom is 0.466 e. The van der Waals surface area contributed by atoms with Crippen LogP contribution in [0.5, 0.6) is 11.5 Å². The van der Waals surface area contributed by atoms with Crippen molar-refractivity contribution in [3.63, 3.8) is 0 Å². The second-order valence-electron chi connectivity index (χ2n) is 5.26. The van der Waals surface area contributed by atoms with Gasteiger partial charge in [0.2, 0.25) is 0 Å². The highest BCUT2D eigenvalue weighted by atomic mass is 31.2. The third-order valence-electron chi connectivity index (χ3n) is 3.46. The lowest BCUT2D eigenvalue weighted by atomic mass is 9.99. The fourth-order valence-electron chi connectivity index (χ4n) is 2.33. The van der Waals surface area contributed by atoms with Crippen molar-refractivity contribution in [2.75, 3.05) is 7.11 Å². The number of ether oxygens (including phenoxy) is 1. The van der Waals surface area contributed by atoms with Gasteiger partial charge in [0, 0.05) is 17.6 Å². The van der Waals surface area contributed by atoms with E-state index in [1.165, 1.54) is 0 Å². The predicted molar refractivity (Wildman–Crippen MR) is 94.4 cm³/mol. The van der Waals surface area contributed by atoms with Gasteiger partial charge in [0.1, 0.15) is 11.5 Å². The zero-order valence-corrected chi connectivity index (χ0v) is 14.5. The number of benzene rings is 2. The zero-order valence-electron chi connectivity index (χ0n) is 13.6. The van der Waals surface area contributed by atoms with E-state index in [-0.39, 0.29) is 0 Å². The molecule has 0 fully saturated rings. The molecule has 1 heterocycles. The largest absolute Gasteiger partial charge is 0.508 e. The second-order valence-corrected chi connectivity index (χ2v) is 6.28. The lowest BCUT2D eigenvalue weighted by Crippen LogP contribution is -1.88. The molecule has 4 N–H and O–H groups in total. The number of pyridine rings is 1. The number of phosphoric acid groups is 1. The van der Waals surface area contributed by atoms with E-state index >= 15 is 0 Å². The summed E-state index contributed by atoms with van der Waals surface area (Å²) in [5, 5.41) is 10.7. The van der Waals surface area contributed by atoms with E-state index in [0.29, 0.717) is 5.75 Å². The SMILES string of the molecule is COc1ccc2c(-c3ccc(O)c(C)c3)ccnc2c1.O=P(O)(O)O. The molecule has 0 atom stereocenters. The Labute approximate surface area is 144 Å². The molecule has 0 aliphatic rings. The number of phenolic OH excluding ortho intramolecular Hbond substituents is 1. The lowest BCUT2D eigenvalue weighted by Gasteiger charge is -2.09. The van der Waals surface area contributed by atoms with E-state index in [1.807, 2.05) is 43.3 Å². The number of aryl methyl sites for hydroxylation is 1. The Kier molecular flexibility index (Phi) is 5.77. The minimum absolute atomic E-state index is 0.314. The Morgan fingerprint density at radius 3 is 2.32 bits per heavy atom. The van der Waals surface area contributed by atoms with Crippen molar-refractivity contribution in [1.82, 2.24) is 4.98 Å².